The topological polar surface area (TPSA) is 77.8 Å². The van der Waals surface area contributed by atoms with Crippen molar-refractivity contribution < 1.29 is 23.7 Å². The zero-order chi connectivity index (χ0) is 25.2. The largest absolute Gasteiger partial charge is 0.490 e. The maximum absolute atomic E-state index is 12.9. The van der Waals surface area contributed by atoms with Crippen LogP contribution in [-0.4, -0.2) is 25.8 Å². The van der Waals surface area contributed by atoms with E-state index in [-0.39, 0.29) is 5.56 Å². The number of ether oxygens (including phenoxy) is 4. The Hall–Kier alpha value is -3.95. The molecular weight excluding hydrogens is 466 g/mol. The van der Waals surface area contributed by atoms with E-state index in [1.807, 2.05) is 26.8 Å². The number of esters is 1. The van der Waals surface area contributed by atoms with Gasteiger partial charge in [-0.15, -0.1) is 0 Å². The molecule has 0 atom stereocenters. The van der Waals surface area contributed by atoms with Crippen LogP contribution in [0.4, 0.5) is 0 Å². The van der Waals surface area contributed by atoms with E-state index >= 15 is 0 Å². The Morgan fingerprint density at radius 2 is 1.51 bits per heavy atom. The molecular formula is C28H26ClNO5. The molecule has 0 N–H and O–H groups in total. The Balaban J connectivity index is 1.82. The van der Waals surface area contributed by atoms with Crippen LogP contribution in [0.15, 0.2) is 60.7 Å². The lowest BCUT2D eigenvalue weighted by Gasteiger charge is -2.16. The van der Waals surface area contributed by atoms with Crippen molar-refractivity contribution in [3.63, 3.8) is 0 Å². The number of allylic oxidation sites excluding steroid dienone is 1. The first kappa shape index (κ1) is 25.7. The molecule has 0 amide bonds. The SMILES string of the molecule is CCOc1cc(C(=O)Oc2ccc(/C=C(/C#N)c3cccc(Cl)c3)cc2)cc(OCC)c1OCC. The number of halogens is 1. The fraction of sp³-hybridized carbons (Fsp3) is 0.214. The highest BCUT2D eigenvalue weighted by Crippen LogP contribution is 2.39. The predicted molar refractivity (Wildman–Crippen MR) is 136 cm³/mol. The Kier molecular flexibility index (Phi) is 9.16. The first-order valence-corrected chi connectivity index (χ1v) is 11.6. The van der Waals surface area contributed by atoms with E-state index in [0.717, 1.165) is 11.1 Å². The molecule has 180 valence electrons. The number of hydrogen-bond acceptors (Lipinski definition) is 6. The number of hydrogen-bond donors (Lipinski definition) is 0. The highest BCUT2D eigenvalue weighted by molar-refractivity contribution is 6.30. The van der Waals surface area contributed by atoms with Gasteiger partial charge in [-0.1, -0.05) is 35.9 Å². The molecule has 35 heavy (non-hydrogen) atoms. The number of carbonyl (C=O) groups is 1. The van der Waals surface area contributed by atoms with Crippen LogP contribution in [0, 0.1) is 11.3 Å². The molecule has 0 radical (unpaired) electrons. The summed E-state index contributed by atoms with van der Waals surface area (Å²) < 4.78 is 22.6. The fourth-order valence-electron chi connectivity index (χ4n) is 3.31. The second-order valence-electron chi connectivity index (χ2n) is 7.24. The summed E-state index contributed by atoms with van der Waals surface area (Å²) in [6.45, 7) is 6.79. The van der Waals surface area contributed by atoms with E-state index in [9.17, 15) is 10.1 Å². The summed E-state index contributed by atoms with van der Waals surface area (Å²) in [4.78, 5) is 12.9. The lowest BCUT2D eigenvalue weighted by Crippen LogP contribution is -2.11. The van der Waals surface area contributed by atoms with Crippen molar-refractivity contribution >= 4 is 29.2 Å². The van der Waals surface area contributed by atoms with E-state index in [1.165, 1.54) is 0 Å². The lowest BCUT2D eigenvalue weighted by molar-refractivity contribution is 0.0733. The highest BCUT2D eigenvalue weighted by Gasteiger charge is 2.19. The quantitative estimate of drug-likeness (QED) is 0.134. The Morgan fingerprint density at radius 3 is 2.06 bits per heavy atom. The Bertz CT molecular complexity index is 1220. The van der Waals surface area contributed by atoms with Crippen molar-refractivity contribution in [2.75, 3.05) is 19.8 Å². The van der Waals surface area contributed by atoms with Gasteiger partial charge in [0.05, 0.1) is 37.0 Å². The summed E-state index contributed by atoms with van der Waals surface area (Å²) in [5.74, 6) is 1.08. The summed E-state index contributed by atoms with van der Waals surface area (Å²) >= 11 is 6.04. The smallest absolute Gasteiger partial charge is 0.343 e. The minimum absolute atomic E-state index is 0.275. The first-order chi connectivity index (χ1) is 17.0. The van der Waals surface area contributed by atoms with Crippen LogP contribution in [0.2, 0.25) is 5.02 Å². The van der Waals surface area contributed by atoms with Crippen molar-refractivity contribution in [3.05, 3.63) is 82.4 Å². The summed E-state index contributed by atoms with van der Waals surface area (Å²) in [6, 6.07) is 19.3. The lowest BCUT2D eigenvalue weighted by atomic mass is 10.0. The van der Waals surface area contributed by atoms with E-state index in [2.05, 4.69) is 6.07 Å². The van der Waals surface area contributed by atoms with Gasteiger partial charge in [0.25, 0.3) is 0 Å². The molecule has 0 bridgehead atoms. The third-order valence-corrected chi connectivity index (χ3v) is 5.04. The van der Waals surface area contributed by atoms with Crippen LogP contribution in [0.5, 0.6) is 23.0 Å². The Morgan fingerprint density at radius 1 is 0.886 bits per heavy atom. The molecule has 6 nitrogen and oxygen atoms in total. The molecule has 0 heterocycles. The van der Waals surface area contributed by atoms with Gasteiger partial charge in [0, 0.05) is 5.02 Å². The van der Waals surface area contributed by atoms with Gasteiger partial charge in [-0.25, -0.2) is 4.79 Å². The molecule has 0 aliphatic heterocycles. The van der Waals surface area contributed by atoms with Crippen molar-refractivity contribution in [2.24, 2.45) is 0 Å². The first-order valence-electron chi connectivity index (χ1n) is 11.2. The molecule has 3 aromatic rings. The summed E-state index contributed by atoms with van der Waals surface area (Å²) in [7, 11) is 0. The van der Waals surface area contributed by atoms with Crippen LogP contribution in [0.1, 0.15) is 42.3 Å². The van der Waals surface area contributed by atoms with Crippen LogP contribution in [-0.2, 0) is 0 Å². The zero-order valence-corrected chi connectivity index (χ0v) is 20.6. The number of nitriles is 1. The molecule has 3 aromatic carbocycles. The summed E-state index contributed by atoms with van der Waals surface area (Å²) in [5, 5.41) is 10.1. The molecule has 3 rings (SSSR count). The van der Waals surface area contributed by atoms with E-state index < -0.39 is 5.97 Å². The second-order valence-corrected chi connectivity index (χ2v) is 7.68. The number of nitrogens with zero attached hydrogens (tertiary/aromatic N) is 1. The molecule has 0 aromatic heterocycles. The van der Waals surface area contributed by atoms with Crippen LogP contribution >= 0.6 is 11.6 Å². The summed E-state index contributed by atoms with van der Waals surface area (Å²) in [5.41, 5.74) is 2.25. The van der Waals surface area contributed by atoms with Gasteiger partial charge in [0.15, 0.2) is 11.5 Å². The van der Waals surface area contributed by atoms with Gasteiger partial charge in [0.2, 0.25) is 5.75 Å². The van der Waals surface area contributed by atoms with Gasteiger partial charge in [-0.05, 0) is 74.4 Å². The van der Waals surface area contributed by atoms with E-state index in [4.69, 9.17) is 30.5 Å². The van der Waals surface area contributed by atoms with Crippen molar-refractivity contribution in [1.29, 1.82) is 5.26 Å². The van der Waals surface area contributed by atoms with Gasteiger partial charge >= 0.3 is 5.97 Å². The van der Waals surface area contributed by atoms with Crippen LogP contribution < -0.4 is 18.9 Å². The van der Waals surface area contributed by atoms with E-state index in [0.29, 0.717) is 53.4 Å². The minimum atomic E-state index is -0.560. The fourth-order valence-corrected chi connectivity index (χ4v) is 3.50. The third-order valence-electron chi connectivity index (χ3n) is 4.80. The monoisotopic (exact) mass is 491 g/mol. The molecule has 0 aliphatic rings. The van der Waals surface area contributed by atoms with Gasteiger partial charge < -0.3 is 18.9 Å². The average Bonchev–Trinajstić information content (AvgIpc) is 2.85. The number of benzene rings is 3. The third kappa shape index (κ3) is 6.78. The van der Waals surface area contributed by atoms with Crippen LogP contribution in [0.3, 0.4) is 0 Å². The standard InChI is InChI=1S/C28H26ClNO5/c1-4-32-25-16-21(17-26(33-5-2)27(25)34-6-3)28(31)35-24-12-10-19(11-13-24)14-22(18-30)20-8-7-9-23(29)15-20/h7-17H,4-6H2,1-3H3/b22-14-. The number of carbonyl (C=O) groups excluding carboxylic acids is 1. The van der Waals surface area contributed by atoms with Gasteiger partial charge in [-0.2, -0.15) is 5.26 Å². The van der Waals surface area contributed by atoms with Gasteiger partial charge in [0.1, 0.15) is 5.75 Å². The molecule has 0 spiro atoms. The van der Waals surface area contributed by atoms with Crippen molar-refractivity contribution in [3.8, 4) is 29.1 Å². The molecule has 7 heteroatoms. The minimum Gasteiger partial charge on any atom is -0.490 e. The second kappa shape index (κ2) is 12.5. The molecule has 0 saturated carbocycles. The predicted octanol–water partition coefficient (Wildman–Crippen LogP) is 6.82. The maximum Gasteiger partial charge on any atom is 0.343 e. The van der Waals surface area contributed by atoms with Gasteiger partial charge in [-0.3, -0.25) is 0 Å². The molecule has 0 unspecified atom stereocenters. The molecule has 0 aliphatic carbocycles. The van der Waals surface area contributed by atoms with Crippen molar-refractivity contribution in [2.45, 2.75) is 20.8 Å². The number of rotatable bonds is 10. The Labute approximate surface area is 210 Å². The van der Waals surface area contributed by atoms with Crippen molar-refractivity contribution in [1.82, 2.24) is 0 Å². The maximum atomic E-state index is 12.9. The molecule has 0 fully saturated rings. The molecule has 0 saturated heterocycles. The average molecular weight is 492 g/mol. The van der Waals surface area contributed by atoms with E-state index in [1.54, 1.807) is 60.7 Å². The highest BCUT2D eigenvalue weighted by atomic mass is 35.5. The summed E-state index contributed by atoms with van der Waals surface area (Å²) in [6.07, 6.45) is 1.74. The normalized spacial score (nSPS) is 10.9. The van der Waals surface area contributed by atoms with Crippen LogP contribution in [0.25, 0.3) is 11.6 Å². The zero-order valence-electron chi connectivity index (χ0n) is 19.8.